The Morgan fingerprint density at radius 3 is 2.92 bits per heavy atom. The topological polar surface area (TPSA) is 46.5 Å². The molecule has 0 saturated heterocycles. The van der Waals surface area contributed by atoms with Gasteiger partial charge in [-0.05, 0) is 12.5 Å². The van der Waals surface area contributed by atoms with Gasteiger partial charge in [0, 0.05) is 12.8 Å². The van der Waals surface area contributed by atoms with Crippen molar-refractivity contribution >= 4 is 5.97 Å². The largest absolute Gasteiger partial charge is 0.458 e. The Morgan fingerprint density at radius 1 is 1.67 bits per heavy atom. The van der Waals surface area contributed by atoms with E-state index < -0.39 is 6.10 Å². The van der Waals surface area contributed by atoms with E-state index in [0.29, 0.717) is 12.8 Å². The molecular weight excluding hydrogens is 156 g/mol. The lowest BCUT2D eigenvalue weighted by atomic mass is 10.3. The maximum Gasteiger partial charge on any atom is 0.306 e. The van der Waals surface area contributed by atoms with Crippen molar-refractivity contribution < 1.29 is 14.6 Å². The summed E-state index contributed by atoms with van der Waals surface area (Å²) < 4.78 is 5.04. The summed E-state index contributed by atoms with van der Waals surface area (Å²) in [5, 5.41) is 9.06. The number of esters is 1. The second kappa shape index (κ2) is 4.26. The van der Waals surface area contributed by atoms with E-state index in [1.807, 2.05) is 6.92 Å². The molecule has 0 aromatic rings. The first-order valence-electron chi connectivity index (χ1n) is 4.28. The van der Waals surface area contributed by atoms with Crippen molar-refractivity contribution in [1.82, 2.24) is 0 Å². The Hall–Kier alpha value is -0.830. The van der Waals surface area contributed by atoms with E-state index in [1.165, 1.54) is 0 Å². The summed E-state index contributed by atoms with van der Waals surface area (Å²) >= 11 is 0. The highest BCUT2D eigenvalue weighted by Gasteiger charge is 2.19. The predicted molar refractivity (Wildman–Crippen MR) is 44.6 cm³/mol. The molecule has 0 radical (unpaired) electrons. The fraction of sp³-hybridized carbons (Fsp3) is 0.667. The Labute approximate surface area is 72.0 Å². The first-order chi connectivity index (χ1) is 5.72. The molecule has 0 aromatic carbocycles. The van der Waals surface area contributed by atoms with Crippen LogP contribution in [0.1, 0.15) is 26.2 Å². The van der Waals surface area contributed by atoms with Gasteiger partial charge in [0.2, 0.25) is 0 Å². The van der Waals surface area contributed by atoms with Gasteiger partial charge in [-0.1, -0.05) is 13.0 Å². The zero-order chi connectivity index (χ0) is 8.97. The molecule has 0 fully saturated rings. The van der Waals surface area contributed by atoms with Crippen LogP contribution >= 0.6 is 0 Å². The Bertz CT molecular complexity index is 186. The van der Waals surface area contributed by atoms with Crippen molar-refractivity contribution in [2.45, 2.75) is 38.4 Å². The van der Waals surface area contributed by atoms with Crippen LogP contribution in [-0.4, -0.2) is 23.3 Å². The van der Waals surface area contributed by atoms with Crippen LogP contribution in [0.3, 0.4) is 0 Å². The van der Waals surface area contributed by atoms with E-state index >= 15 is 0 Å². The van der Waals surface area contributed by atoms with Crippen molar-refractivity contribution in [3.63, 3.8) is 0 Å². The summed E-state index contributed by atoms with van der Waals surface area (Å²) in [6.07, 6.45) is 4.51. The monoisotopic (exact) mass is 170 g/mol. The lowest BCUT2D eigenvalue weighted by molar-refractivity contribution is -0.147. The van der Waals surface area contributed by atoms with Crippen LogP contribution in [0.25, 0.3) is 0 Å². The maximum absolute atomic E-state index is 11.0. The molecule has 1 N–H and O–H groups in total. The van der Waals surface area contributed by atoms with Crippen molar-refractivity contribution in [2.75, 3.05) is 0 Å². The summed E-state index contributed by atoms with van der Waals surface area (Å²) in [6, 6.07) is 0. The lowest BCUT2D eigenvalue weighted by Crippen LogP contribution is -2.15. The van der Waals surface area contributed by atoms with E-state index in [-0.39, 0.29) is 12.1 Å². The minimum absolute atomic E-state index is 0.179. The third-order valence-electron chi connectivity index (χ3n) is 1.76. The van der Waals surface area contributed by atoms with Gasteiger partial charge in [0.15, 0.2) is 0 Å². The highest BCUT2D eigenvalue weighted by atomic mass is 16.5. The Kier molecular flexibility index (Phi) is 3.29. The maximum atomic E-state index is 11.0. The Morgan fingerprint density at radius 2 is 2.42 bits per heavy atom. The molecule has 0 unspecified atom stereocenters. The van der Waals surface area contributed by atoms with Crippen molar-refractivity contribution in [3.8, 4) is 0 Å². The average molecular weight is 170 g/mol. The fourth-order valence-corrected chi connectivity index (χ4v) is 1.17. The molecule has 68 valence electrons. The van der Waals surface area contributed by atoms with E-state index in [9.17, 15) is 4.79 Å². The van der Waals surface area contributed by atoms with Crippen molar-refractivity contribution in [3.05, 3.63) is 12.2 Å². The molecule has 12 heavy (non-hydrogen) atoms. The normalized spacial score (nSPS) is 27.5. The molecule has 0 saturated carbocycles. The third-order valence-corrected chi connectivity index (χ3v) is 1.76. The summed E-state index contributed by atoms with van der Waals surface area (Å²) in [4.78, 5) is 11.0. The minimum atomic E-state index is -0.440. The fourth-order valence-electron chi connectivity index (χ4n) is 1.17. The smallest absolute Gasteiger partial charge is 0.306 e. The molecule has 1 aliphatic rings. The SMILES string of the molecule is CCCC(=O)O[C@H]1C=C[C@@H](O)C1. The van der Waals surface area contributed by atoms with Gasteiger partial charge in [-0.3, -0.25) is 4.79 Å². The van der Waals surface area contributed by atoms with Gasteiger partial charge < -0.3 is 9.84 Å². The quantitative estimate of drug-likeness (QED) is 0.508. The van der Waals surface area contributed by atoms with E-state index in [4.69, 9.17) is 9.84 Å². The number of aliphatic hydroxyl groups is 1. The van der Waals surface area contributed by atoms with Gasteiger partial charge in [-0.2, -0.15) is 0 Å². The molecule has 2 atom stereocenters. The number of carbonyl (C=O) groups is 1. The van der Waals surface area contributed by atoms with Crippen LogP contribution in [0, 0.1) is 0 Å². The summed E-state index contributed by atoms with van der Waals surface area (Å²) in [7, 11) is 0. The second-order valence-electron chi connectivity index (χ2n) is 2.97. The van der Waals surface area contributed by atoms with Crippen LogP contribution in [0.15, 0.2) is 12.2 Å². The van der Waals surface area contributed by atoms with Crippen LogP contribution < -0.4 is 0 Å². The molecule has 0 aliphatic heterocycles. The lowest BCUT2D eigenvalue weighted by Gasteiger charge is -2.09. The first-order valence-corrected chi connectivity index (χ1v) is 4.28. The van der Waals surface area contributed by atoms with Crippen LogP contribution in [0.5, 0.6) is 0 Å². The molecule has 0 heterocycles. The van der Waals surface area contributed by atoms with Gasteiger partial charge in [0.05, 0.1) is 6.10 Å². The number of carbonyl (C=O) groups excluding carboxylic acids is 1. The van der Waals surface area contributed by atoms with Crippen molar-refractivity contribution in [2.24, 2.45) is 0 Å². The summed E-state index contributed by atoms with van der Waals surface area (Å²) in [5.74, 6) is -0.179. The van der Waals surface area contributed by atoms with Gasteiger partial charge in [0.25, 0.3) is 0 Å². The second-order valence-corrected chi connectivity index (χ2v) is 2.97. The zero-order valence-electron chi connectivity index (χ0n) is 7.19. The van der Waals surface area contributed by atoms with E-state index in [1.54, 1.807) is 12.2 Å². The number of aliphatic hydroxyl groups excluding tert-OH is 1. The standard InChI is InChI=1S/C9H14O3/c1-2-3-9(11)12-8-5-4-7(10)6-8/h4-5,7-8,10H,2-3,6H2,1H3/t7-,8+/m1/s1. The molecule has 3 nitrogen and oxygen atoms in total. The first kappa shape index (κ1) is 9.26. The molecule has 0 aromatic heterocycles. The molecule has 0 bridgehead atoms. The molecule has 0 amide bonds. The highest BCUT2D eigenvalue weighted by molar-refractivity contribution is 5.69. The Balaban J connectivity index is 2.24. The van der Waals surface area contributed by atoms with E-state index in [2.05, 4.69) is 0 Å². The molecule has 0 spiro atoms. The predicted octanol–water partition coefficient (Wildman–Crippen LogP) is 1.02. The van der Waals surface area contributed by atoms with Gasteiger partial charge in [0.1, 0.15) is 6.10 Å². The molecular formula is C9H14O3. The third kappa shape index (κ3) is 2.66. The summed E-state index contributed by atoms with van der Waals surface area (Å²) in [6.45, 7) is 1.93. The van der Waals surface area contributed by atoms with Crippen LogP contribution in [-0.2, 0) is 9.53 Å². The van der Waals surface area contributed by atoms with Gasteiger partial charge in [-0.15, -0.1) is 0 Å². The molecule has 1 aliphatic carbocycles. The van der Waals surface area contributed by atoms with E-state index in [0.717, 1.165) is 6.42 Å². The van der Waals surface area contributed by atoms with Crippen LogP contribution in [0.2, 0.25) is 0 Å². The van der Waals surface area contributed by atoms with Gasteiger partial charge >= 0.3 is 5.97 Å². The zero-order valence-corrected chi connectivity index (χ0v) is 7.19. The number of rotatable bonds is 3. The summed E-state index contributed by atoms with van der Waals surface area (Å²) in [5.41, 5.74) is 0. The molecule has 3 heteroatoms. The minimum Gasteiger partial charge on any atom is -0.458 e. The van der Waals surface area contributed by atoms with Gasteiger partial charge in [-0.25, -0.2) is 0 Å². The number of hydrogen-bond donors (Lipinski definition) is 1. The number of ether oxygens (including phenoxy) is 1. The van der Waals surface area contributed by atoms with Crippen LogP contribution in [0.4, 0.5) is 0 Å². The van der Waals surface area contributed by atoms with Crippen molar-refractivity contribution in [1.29, 1.82) is 0 Å². The number of hydrogen-bond acceptors (Lipinski definition) is 3. The average Bonchev–Trinajstić information content (AvgIpc) is 2.36. The highest BCUT2D eigenvalue weighted by Crippen LogP contribution is 2.14. The molecule has 1 rings (SSSR count).